The van der Waals surface area contributed by atoms with Gasteiger partial charge < -0.3 is 5.32 Å². The van der Waals surface area contributed by atoms with E-state index in [-0.39, 0.29) is 23.9 Å². The summed E-state index contributed by atoms with van der Waals surface area (Å²) in [6, 6.07) is 7.56. The summed E-state index contributed by atoms with van der Waals surface area (Å²) in [7, 11) is 0. The molecule has 1 aromatic heterocycles. The number of hydrogen-bond acceptors (Lipinski definition) is 5. The first-order valence-corrected chi connectivity index (χ1v) is 9.87. The highest BCUT2D eigenvalue weighted by atomic mass is 32.2. The summed E-state index contributed by atoms with van der Waals surface area (Å²) in [5.41, 5.74) is 2.19. The molecule has 7 heteroatoms. The van der Waals surface area contributed by atoms with Crippen LogP contribution in [0.2, 0.25) is 0 Å². The lowest BCUT2D eigenvalue weighted by Gasteiger charge is -2.15. The highest BCUT2D eigenvalue weighted by Gasteiger charge is 2.28. The number of aromatic nitrogens is 2. The number of amides is 1. The lowest BCUT2D eigenvalue weighted by molar-refractivity contribution is -0.116. The third-order valence-electron chi connectivity index (χ3n) is 4.12. The number of thioether (sulfide) groups is 2. The number of anilines is 1. The van der Waals surface area contributed by atoms with Crippen LogP contribution in [0.5, 0.6) is 0 Å². The Morgan fingerprint density at radius 1 is 1.42 bits per heavy atom. The normalized spacial score (nSPS) is 16.0. The van der Waals surface area contributed by atoms with Crippen LogP contribution < -0.4 is 10.9 Å². The first kappa shape index (κ1) is 17.1. The molecule has 126 valence electrons. The molecule has 1 aliphatic heterocycles. The van der Waals surface area contributed by atoms with Crippen LogP contribution in [0, 0.1) is 13.8 Å². The molecular formula is C17H19N3O2S2. The van der Waals surface area contributed by atoms with Crippen molar-refractivity contribution in [2.75, 3.05) is 17.3 Å². The van der Waals surface area contributed by atoms with Crippen LogP contribution in [-0.2, 0) is 4.79 Å². The minimum absolute atomic E-state index is 0.0372. The second-order valence-electron chi connectivity index (χ2n) is 5.70. The average molecular weight is 361 g/mol. The van der Waals surface area contributed by atoms with Crippen LogP contribution in [0.4, 0.5) is 5.69 Å². The third-order valence-corrected chi connectivity index (χ3v) is 6.02. The fraction of sp³-hybridized carbons (Fsp3) is 0.353. The van der Waals surface area contributed by atoms with E-state index >= 15 is 0 Å². The van der Waals surface area contributed by atoms with Crippen LogP contribution in [-0.4, -0.2) is 27.5 Å². The Balaban J connectivity index is 1.78. The van der Waals surface area contributed by atoms with Crippen LogP contribution in [0.1, 0.15) is 23.7 Å². The molecule has 1 N–H and O–H groups in total. The molecule has 0 aliphatic carbocycles. The Morgan fingerprint density at radius 2 is 2.17 bits per heavy atom. The molecule has 3 rings (SSSR count). The van der Waals surface area contributed by atoms with Gasteiger partial charge in [0.15, 0.2) is 5.16 Å². The Bertz CT molecular complexity index is 848. The molecule has 1 aromatic carbocycles. The van der Waals surface area contributed by atoms with E-state index in [1.165, 1.54) is 11.8 Å². The van der Waals surface area contributed by atoms with E-state index in [1.54, 1.807) is 23.3 Å². The van der Waals surface area contributed by atoms with Gasteiger partial charge >= 0.3 is 0 Å². The van der Waals surface area contributed by atoms with Crippen molar-refractivity contribution in [3.8, 4) is 0 Å². The molecule has 1 unspecified atom stereocenters. The van der Waals surface area contributed by atoms with E-state index in [9.17, 15) is 9.59 Å². The maximum absolute atomic E-state index is 12.5. The van der Waals surface area contributed by atoms with Crippen molar-refractivity contribution in [3.63, 3.8) is 0 Å². The fourth-order valence-corrected chi connectivity index (χ4v) is 4.42. The van der Waals surface area contributed by atoms with Crippen molar-refractivity contribution in [2.45, 2.75) is 36.4 Å². The molecule has 0 bridgehead atoms. The van der Waals surface area contributed by atoms with E-state index < -0.39 is 0 Å². The molecule has 0 spiro atoms. The fourth-order valence-electron chi connectivity index (χ4n) is 2.69. The van der Waals surface area contributed by atoms with Crippen molar-refractivity contribution >= 4 is 35.1 Å². The van der Waals surface area contributed by atoms with Crippen LogP contribution in [0.25, 0.3) is 0 Å². The van der Waals surface area contributed by atoms with Crippen LogP contribution in [0.15, 0.2) is 39.1 Å². The zero-order valence-corrected chi connectivity index (χ0v) is 15.5. The van der Waals surface area contributed by atoms with Crippen molar-refractivity contribution in [2.24, 2.45) is 0 Å². The predicted molar refractivity (Wildman–Crippen MR) is 99.2 cm³/mol. The molecule has 1 aliphatic rings. The maximum atomic E-state index is 12.5. The monoisotopic (exact) mass is 361 g/mol. The topological polar surface area (TPSA) is 64.0 Å². The zero-order valence-electron chi connectivity index (χ0n) is 13.8. The number of aryl methyl sites for hydroxylation is 1. The zero-order chi connectivity index (χ0) is 17.3. The summed E-state index contributed by atoms with van der Waals surface area (Å²) >= 11 is 3.13. The first-order chi connectivity index (χ1) is 11.5. The first-order valence-electron chi connectivity index (χ1n) is 7.66. The molecule has 2 heterocycles. The van der Waals surface area contributed by atoms with Gasteiger partial charge in [-0.3, -0.25) is 14.2 Å². The van der Waals surface area contributed by atoms with Crippen LogP contribution >= 0.6 is 23.5 Å². The van der Waals surface area contributed by atoms with Crippen molar-refractivity contribution in [1.82, 2.24) is 9.55 Å². The molecule has 2 aromatic rings. The van der Waals surface area contributed by atoms with Gasteiger partial charge in [-0.25, -0.2) is 4.98 Å². The van der Waals surface area contributed by atoms with Crippen LogP contribution in [0.3, 0.4) is 0 Å². The molecule has 0 radical (unpaired) electrons. The van der Waals surface area contributed by atoms with E-state index in [0.29, 0.717) is 16.5 Å². The van der Waals surface area contributed by atoms with Crippen molar-refractivity contribution < 1.29 is 4.79 Å². The minimum atomic E-state index is -0.147. The molecule has 1 atom stereocenters. The average Bonchev–Trinajstić information content (AvgIpc) is 2.95. The Labute approximate surface area is 149 Å². The van der Waals surface area contributed by atoms with Gasteiger partial charge in [-0.15, -0.1) is 11.8 Å². The summed E-state index contributed by atoms with van der Waals surface area (Å²) in [6.45, 7) is 3.63. The molecular weight excluding hydrogens is 342 g/mol. The molecule has 24 heavy (non-hydrogen) atoms. The smallest absolute Gasteiger partial charge is 0.257 e. The second-order valence-corrected chi connectivity index (χ2v) is 7.53. The summed E-state index contributed by atoms with van der Waals surface area (Å²) < 4.78 is 1.67. The third kappa shape index (κ3) is 3.23. The standard InChI is InChI=1S/C17H19N3O2S2/c1-10-11(2)18-17-20(16(10)22)12(9-24-17)8-15(21)19-13-6-4-5-7-14(13)23-3/h4-7,12H,8-9H2,1-3H3,(H,19,21). The van der Waals surface area contributed by atoms with Gasteiger partial charge in [0, 0.05) is 28.3 Å². The van der Waals surface area contributed by atoms with Gasteiger partial charge in [-0.1, -0.05) is 23.9 Å². The van der Waals surface area contributed by atoms with Gasteiger partial charge in [-0.05, 0) is 32.2 Å². The Morgan fingerprint density at radius 3 is 2.92 bits per heavy atom. The number of para-hydroxylation sites is 1. The summed E-state index contributed by atoms with van der Waals surface area (Å²) in [5.74, 6) is 0.614. The SMILES string of the molecule is CSc1ccccc1NC(=O)CC1CSc2nc(C)c(C)c(=O)n21. The Kier molecular flexibility index (Phi) is 5.01. The van der Waals surface area contributed by atoms with Gasteiger partial charge in [0.1, 0.15) is 0 Å². The van der Waals surface area contributed by atoms with E-state index in [2.05, 4.69) is 10.3 Å². The van der Waals surface area contributed by atoms with E-state index in [0.717, 1.165) is 16.3 Å². The highest BCUT2D eigenvalue weighted by Crippen LogP contribution is 2.33. The number of hydrogen-bond donors (Lipinski definition) is 1. The van der Waals surface area contributed by atoms with Gasteiger partial charge in [0.05, 0.1) is 11.7 Å². The minimum Gasteiger partial charge on any atom is -0.325 e. The summed E-state index contributed by atoms with van der Waals surface area (Å²) in [4.78, 5) is 30.5. The predicted octanol–water partition coefficient (Wildman–Crippen LogP) is 3.26. The number of benzene rings is 1. The highest BCUT2D eigenvalue weighted by molar-refractivity contribution is 7.99. The number of rotatable bonds is 4. The maximum Gasteiger partial charge on any atom is 0.257 e. The lowest BCUT2D eigenvalue weighted by atomic mass is 10.2. The summed E-state index contributed by atoms with van der Waals surface area (Å²) in [5, 5.41) is 3.67. The van der Waals surface area contributed by atoms with Crippen molar-refractivity contribution in [1.29, 1.82) is 0 Å². The second kappa shape index (κ2) is 7.03. The van der Waals surface area contributed by atoms with E-state index in [1.807, 2.05) is 37.4 Å². The van der Waals surface area contributed by atoms with E-state index in [4.69, 9.17) is 0 Å². The van der Waals surface area contributed by atoms with Crippen molar-refractivity contribution in [3.05, 3.63) is 45.9 Å². The number of nitrogens with one attached hydrogen (secondary N) is 1. The number of fused-ring (bicyclic) bond motifs is 1. The van der Waals surface area contributed by atoms with Gasteiger partial charge in [0.25, 0.3) is 5.56 Å². The molecule has 0 fully saturated rings. The number of nitrogens with zero attached hydrogens (tertiary/aromatic N) is 2. The van der Waals surface area contributed by atoms with Gasteiger partial charge in [0.2, 0.25) is 5.91 Å². The molecule has 0 saturated carbocycles. The number of carbonyl (C=O) groups is 1. The largest absolute Gasteiger partial charge is 0.325 e. The molecule has 0 saturated heterocycles. The summed E-state index contributed by atoms with van der Waals surface area (Å²) in [6.07, 6.45) is 2.25. The molecule has 1 amide bonds. The molecule has 5 nitrogen and oxygen atoms in total. The quantitative estimate of drug-likeness (QED) is 0.669. The van der Waals surface area contributed by atoms with Gasteiger partial charge in [-0.2, -0.15) is 0 Å². The Hall–Kier alpha value is -1.73. The lowest BCUT2D eigenvalue weighted by Crippen LogP contribution is -2.29. The number of carbonyl (C=O) groups excluding carboxylic acids is 1.